The average molecular weight is 334 g/mol. The zero-order valence-electron chi connectivity index (χ0n) is 11.6. The molecule has 0 aliphatic heterocycles. The first-order valence-corrected chi connectivity index (χ1v) is 6.69. The lowest BCUT2D eigenvalue weighted by atomic mass is 10.2. The number of nitro groups is 1. The molecule has 2 rings (SSSR count). The first-order valence-electron chi connectivity index (χ1n) is 6.29. The van der Waals surface area contributed by atoms with Crippen LogP contribution >= 0.6 is 12.2 Å². The van der Waals surface area contributed by atoms with Gasteiger partial charge in [0, 0.05) is 23.4 Å². The van der Waals surface area contributed by atoms with Crippen molar-refractivity contribution in [1.82, 2.24) is 5.43 Å². The molecule has 118 valence electrons. The van der Waals surface area contributed by atoms with Crippen LogP contribution in [0.25, 0.3) is 0 Å². The molecule has 0 aliphatic rings. The predicted molar refractivity (Wildman–Crippen MR) is 88.1 cm³/mol. The van der Waals surface area contributed by atoms with Gasteiger partial charge < -0.3 is 10.4 Å². The minimum atomic E-state index is -0.578. The monoisotopic (exact) mass is 334 g/mol. The molecule has 0 fully saturated rings. The molecule has 0 bridgehead atoms. The van der Waals surface area contributed by atoms with E-state index in [4.69, 9.17) is 12.2 Å². The first-order chi connectivity index (χ1) is 11.0. The van der Waals surface area contributed by atoms with E-state index in [-0.39, 0.29) is 27.9 Å². The van der Waals surface area contributed by atoms with Crippen molar-refractivity contribution in [3.05, 3.63) is 64.0 Å². The Kier molecular flexibility index (Phi) is 5.15. The van der Waals surface area contributed by atoms with E-state index in [9.17, 15) is 19.6 Å². The lowest BCUT2D eigenvalue weighted by Crippen LogP contribution is -2.23. The molecule has 2 aromatic carbocycles. The fraction of sp³-hybridized carbons (Fsp3) is 0. The number of nitro benzene ring substituents is 1. The van der Waals surface area contributed by atoms with Crippen LogP contribution in [0.5, 0.6) is 5.75 Å². The highest BCUT2D eigenvalue weighted by molar-refractivity contribution is 7.80. The van der Waals surface area contributed by atoms with Crippen LogP contribution in [0.1, 0.15) is 5.56 Å². The second-order valence-corrected chi connectivity index (χ2v) is 4.74. The number of hydrogen-bond acceptors (Lipinski definition) is 5. The Balaban J connectivity index is 1.98. The molecule has 0 aromatic heterocycles. The van der Waals surface area contributed by atoms with Crippen LogP contribution in [0.2, 0.25) is 0 Å². The van der Waals surface area contributed by atoms with E-state index < -0.39 is 4.92 Å². The fourth-order valence-corrected chi connectivity index (χ4v) is 1.78. The molecule has 7 nitrogen and oxygen atoms in total. The van der Waals surface area contributed by atoms with E-state index in [1.165, 1.54) is 48.7 Å². The van der Waals surface area contributed by atoms with Crippen LogP contribution in [0.3, 0.4) is 0 Å². The number of halogens is 1. The van der Waals surface area contributed by atoms with Gasteiger partial charge in [-0.1, -0.05) is 0 Å². The van der Waals surface area contributed by atoms with Crippen molar-refractivity contribution in [2.24, 2.45) is 5.10 Å². The van der Waals surface area contributed by atoms with Crippen molar-refractivity contribution in [3.63, 3.8) is 0 Å². The Morgan fingerprint density at radius 2 is 2.00 bits per heavy atom. The summed E-state index contributed by atoms with van der Waals surface area (Å²) in [6.07, 6.45) is 1.20. The standard InChI is InChI=1S/C14H11FN4O3S/c15-10-1-3-11(4-2-10)17-14(23)18-16-8-9-7-12(19(21)22)5-6-13(9)20/h1-8,20H,(H2,17,18,23)/b16-8+. The summed E-state index contributed by atoms with van der Waals surface area (Å²) < 4.78 is 12.8. The number of benzene rings is 2. The Bertz CT molecular complexity index is 765. The van der Waals surface area contributed by atoms with Crippen LogP contribution < -0.4 is 10.7 Å². The quantitative estimate of drug-likeness (QED) is 0.344. The van der Waals surface area contributed by atoms with Gasteiger partial charge in [0.05, 0.1) is 11.1 Å². The Morgan fingerprint density at radius 3 is 2.65 bits per heavy atom. The van der Waals surface area contributed by atoms with Gasteiger partial charge in [-0.05, 0) is 42.5 Å². The highest BCUT2D eigenvalue weighted by Crippen LogP contribution is 2.21. The zero-order chi connectivity index (χ0) is 16.8. The molecule has 0 aliphatic carbocycles. The fourth-order valence-electron chi connectivity index (χ4n) is 1.61. The summed E-state index contributed by atoms with van der Waals surface area (Å²) in [6, 6.07) is 9.11. The summed E-state index contributed by atoms with van der Waals surface area (Å²) >= 11 is 4.98. The van der Waals surface area contributed by atoms with Crippen molar-refractivity contribution in [2.45, 2.75) is 0 Å². The highest BCUT2D eigenvalue weighted by Gasteiger charge is 2.08. The Hall–Kier alpha value is -3.07. The zero-order valence-corrected chi connectivity index (χ0v) is 12.4. The smallest absolute Gasteiger partial charge is 0.270 e. The molecule has 0 unspecified atom stereocenters. The number of anilines is 1. The number of non-ortho nitro benzene ring substituents is 1. The maximum atomic E-state index is 12.8. The average Bonchev–Trinajstić information content (AvgIpc) is 2.51. The number of aromatic hydroxyl groups is 1. The van der Waals surface area contributed by atoms with Gasteiger partial charge in [0.25, 0.3) is 5.69 Å². The number of rotatable bonds is 4. The van der Waals surface area contributed by atoms with E-state index in [0.717, 1.165) is 0 Å². The van der Waals surface area contributed by atoms with Crippen LogP contribution in [-0.2, 0) is 0 Å². The third-order valence-corrected chi connectivity index (χ3v) is 2.89. The lowest BCUT2D eigenvalue weighted by molar-refractivity contribution is -0.384. The van der Waals surface area contributed by atoms with Gasteiger partial charge in [-0.2, -0.15) is 5.10 Å². The van der Waals surface area contributed by atoms with Crippen molar-refractivity contribution in [3.8, 4) is 5.75 Å². The molecule has 0 saturated carbocycles. The van der Waals surface area contributed by atoms with Gasteiger partial charge in [0.15, 0.2) is 5.11 Å². The van der Waals surface area contributed by atoms with Gasteiger partial charge in [0.1, 0.15) is 11.6 Å². The number of nitrogens with one attached hydrogen (secondary N) is 2. The molecule has 0 radical (unpaired) electrons. The van der Waals surface area contributed by atoms with Crippen molar-refractivity contribution >= 4 is 34.9 Å². The minimum absolute atomic E-state index is 0.137. The number of hydrazone groups is 1. The van der Waals surface area contributed by atoms with Crippen molar-refractivity contribution in [1.29, 1.82) is 0 Å². The minimum Gasteiger partial charge on any atom is -0.507 e. The number of nitrogens with zero attached hydrogens (tertiary/aromatic N) is 2. The van der Waals surface area contributed by atoms with E-state index in [1.807, 2.05) is 0 Å². The highest BCUT2D eigenvalue weighted by atomic mass is 32.1. The van der Waals surface area contributed by atoms with Crippen LogP contribution in [0, 0.1) is 15.9 Å². The second kappa shape index (κ2) is 7.27. The SMILES string of the molecule is O=[N+]([O-])c1ccc(O)c(/C=N/NC(=S)Nc2ccc(F)cc2)c1. The summed E-state index contributed by atoms with van der Waals surface area (Å²) in [6.45, 7) is 0. The molecular formula is C14H11FN4O3S. The largest absolute Gasteiger partial charge is 0.507 e. The van der Waals surface area contributed by atoms with Gasteiger partial charge in [-0.3, -0.25) is 15.5 Å². The molecule has 0 atom stereocenters. The van der Waals surface area contributed by atoms with E-state index >= 15 is 0 Å². The molecule has 0 amide bonds. The molecular weight excluding hydrogens is 323 g/mol. The number of thiocarbonyl (C=S) groups is 1. The van der Waals surface area contributed by atoms with Gasteiger partial charge in [-0.15, -0.1) is 0 Å². The summed E-state index contributed by atoms with van der Waals surface area (Å²) in [4.78, 5) is 10.1. The van der Waals surface area contributed by atoms with Gasteiger partial charge in [-0.25, -0.2) is 4.39 Å². The van der Waals surface area contributed by atoms with Crippen LogP contribution in [0.4, 0.5) is 15.8 Å². The third kappa shape index (κ3) is 4.71. The maximum absolute atomic E-state index is 12.8. The van der Waals surface area contributed by atoms with Gasteiger partial charge >= 0.3 is 0 Å². The van der Waals surface area contributed by atoms with Crippen molar-refractivity contribution in [2.75, 3.05) is 5.32 Å². The summed E-state index contributed by atoms with van der Waals surface area (Å²) in [5.74, 6) is -0.521. The van der Waals surface area contributed by atoms with Crippen LogP contribution in [0.15, 0.2) is 47.6 Å². The molecule has 3 N–H and O–H groups in total. The maximum Gasteiger partial charge on any atom is 0.270 e. The first kappa shape index (κ1) is 16.3. The van der Waals surface area contributed by atoms with Crippen molar-refractivity contribution < 1.29 is 14.4 Å². The normalized spacial score (nSPS) is 10.5. The van der Waals surface area contributed by atoms with E-state index in [1.54, 1.807) is 0 Å². The summed E-state index contributed by atoms with van der Waals surface area (Å²) in [5.41, 5.74) is 3.05. The Labute approximate surface area is 135 Å². The number of hydrogen-bond donors (Lipinski definition) is 3. The molecule has 2 aromatic rings. The summed E-state index contributed by atoms with van der Waals surface area (Å²) in [7, 11) is 0. The third-order valence-electron chi connectivity index (χ3n) is 2.69. The summed E-state index contributed by atoms with van der Waals surface area (Å²) in [5, 5.41) is 27.0. The van der Waals surface area contributed by atoms with E-state index in [0.29, 0.717) is 5.69 Å². The molecule has 0 heterocycles. The molecule has 0 saturated heterocycles. The molecule has 23 heavy (non-hydrogen) atoms. The molecule has 0 spiro atoms. The lowest BCUT2D eigenvalue weighted by Gasteiger charge is -2.06. The number of phenolic OH excluding ortho intramolecular Hbond substituents is 1. The van der Waals surface area contributed by atoms with E-state index in [2.05, 4.69) is 15.8 Å². The molecule has 9 heteroatoms. The topological polar surface area (TPSA) is 99.8 Å². The second-order valence-electron chi connectivity index (χ2n) is 4.33. The number of phenols is 1. The van der Waals surface area contributed by atoms with Crippen LogP contribution in [-0.4, -0.2) is 21.4 Å². The van der Waals surface area contributed by atoms with Gasteiger partial charge in [0.2, 0.25) is 0 Å². The predicted octanol–water partition coefficient (Wildman–Crippen LogP) is 2.76. The Morgan fingerprint density at radius 1 is 1.30 bits per heavy atom.